The molecule has 0 amide bonds. The number of rotatable bonds is 5. The standard InChI is InChI=1S/C48H31N3/c1-3-12-33(13-4-1)43-31-44(50-48(49-43)35-14-5-2-6-15-35)34-21-25-40(26-22-34)51-45-18-10-9-17-42(45)47-41-27-23-38(30-39(41)24-28-46(47)51)37-20-19-32-11-7-8-16-36(32)29-37/h1-31H. The zero-order chi connectivity index (χ0) is 33.7. The molecule has 2 heterocycles. The Morgan fingerprint density at radius 1 is 0.333 bits per heavy atom. The summed E-state index contributed by atoms with van der Waals surface area (Å²) in [4.78, 5) is 10.0. The predicted octanol–water partition coefficient (Wildman–Crippen LogP) is 12.5. The van der Waals surface area contributed by atoms with Crippen molar-refractivity contribution < 1.29 is 0 Å². The fourth-order valence-electron chi connectivity index (χ4n) is 7.47. The molecule has 0 saturated heterocycles. The highest BCUT2D eigenvalue weighted by atomic mass is 15.0. The molecule has 10 aromatic rings. The fourth-order valence-corrected chi connectivity index (χ4v) is 7.47. The van der Waals surface area contributed by atoms with Gasteiger partial charge in [-0.25, -0.2) is 9.97 Å². The van der Waals surface area contributed by atoms with Crippen molar-refractivity contribution in [3.8, 4) is 50.7 Å². The molecule has 0 radical (unpaired) electrons. The molecule has 0 unspecified atom stereocenters. The molecule has 3 nitrogen and oxygen atoms in total. The first-order valence-corrected chi connectivity index (χ1v) is 17.3. The molecule has 8 aromatic carbocycles. The Kier molecular flexibility index (Phi) is 6.81. The van der Waals surface area contributed by atoms with Gasteiger partial charge in [0.05, 0.1) is 22.4 Å². The van der Waals surface area contributed by atoms with Crippen LogP contribution in [0, 0.1) is 0 Å². The summed E-state index contributed by atoms with van der Waals surface area (Å²) in [5, 5.41) is 7.53. The summed E-state index contributed by atoms with van der Waals surface area (Å²) >= 11 is 0. The second-order valence-electron chi connectivity index (χ2n) is 13.1. The summed E-state index contributed by atoms with van der Waals surface area (Å²) in [6.07, 6.45) is 0. The number of nitrogens with zero attached hydrogens (tertiary/aromatic N) is 3. The molecular weight excluding hydrogens is 619 g/mol. The molecule has 0 fully saturated rings. The predicted molar refractivity (Wildman–Crippen MR) is 213 cm³/mol. The summed E-state index contributed by atoms with van der Waals surface area (Å²) in [6, 6.07) is 66.8. The second-order valence-corrected chi connectivity index (χ2v) is 13.1. The van der Waals surface area contributed by atoms with Crippen molar-refractivity contribution in [2.24, 2.45) is 0 Å². The fraction of sp³-hybridized carbons (Fsp3) is 0. The summed E-state index contributed by atoms with van der Waals surface area (Å²) < 4.78 is 2.38. The van der Waals surface area contributed by atoms with E-state index in [4.69, 9.17) is 9.97 Å². The molecule has 0 aliphatic rings. The van der Waals surface area contributed by atoms with Crippen LogP contribution < -0.4 is 0 Å². The molecule has 0 spiro atoms. The molecule has 51 heavy (non-hydrogen) atoms. The van der Waals surface area contributed by atoms with Crippen LogP contribution in [0.2, 0.25) is 0 Å². The van der Waals surface area contributed by atoms with Gasteiger partial charge in [0.2, 0.25) is 0 Å². The number of hydrogen-bond acceptors (Lipinski definition) is 2. The number of para-hydroxylation sites is 1. The zero-order valence-electron chi connectivity index (χ0n) is 27.7. The van der Waals surface area contributed by atoms with Crippen LogP contribution in [0.3, 0.4) is 0 Å². The van der Waals surface area contributed by atoms with Crippen molar-refractivity contribution in [3.63, 3.8) is 0 Å². The Morgan fingerprint density at radius 2 is 0.902 bits per heavy atom. The molecule has 0 bridgehead atoms. The molecule has 0 saturated carbocycles. The molecule has 2 aromatic heterocycles. The van der Waals surface area contributed by atoms with E-state index < -0.39 is 0 Å². The van der Waals surface area contributed by atoms with E-state index in [1.165, 1.54) is 54.5 Å². The third-order valence-corrected chi connectivity index (χ3v) is 9.98. The van der Waals surface area contributed by atoms with E-state index in [9.17, 15) is 0 Å². The first kappa shape index (κ1) is 29.1. The van der Waals surface area contributed by atoms with Crippen molar-refractivity contribution in [1.29, 1.82) is 0 Å². The molecule has 0 atom stereocenters. The number of hydrogen-bond donors (Lipinski definition) is 0. The smallest absolute Gasteiger partial charge is 0.160 e. The Hall–Kier alpha value is -6.84. The highest BCUT2D eigenvalue weighted by molar-refractivity contribution is 6.21. The third kappa shape index (κ3) is 5.06. The van der Waals surface area contributed by atoms with Gasteiger partial charge in [0.25, 0.3) is 0 Å². The van der Waals surface area contributed by atoms with Crippen LogP contribution >= 0.6 is 0 Å². The average Bonchev–Trinajstić information content (AvgIpc) is 3.56. The van der Waals surface area contributed by atoms with Crippen molar-refractivity contribution in [2.45, 2.75) is 0 Å². The van der Waals surface area contributed by atoms with Gasteiger partial charge in [-0.1, -0.05) is 146 Å². The van der Waals surface area contributed by atoms with Crippen molar-refractivity contribution in [3.05, 3.63) is 188 Å². The lowest BCUT2D eigenvalue weighted by molar-refractivity contribution is 1.17. The Morgan fingerprint density at radius 3 is 1.67 bits per heavy atom. The van der Waals surface area contributed by atoms with E-state index in [0.29, 0.717) is 5.82 Å². The summed E-state index contributed by atoms with van der Waals surface area (Å²) in [7, 11) is 0. The monoisotopic (exact) mass is 649 g/mol. The zero-order valence-corrected chi connectivity index (χ0v) is 27.7. The molecular formula is C48H31N3. The van der Waals surface area contributed by atoms with Crippen LogP contribution in [0.4, 0.5) is 0 Å². The maximum Gasteiger partial charge on any atom is 0.160 e. The van der Waals surface area contributed by atoms with Crippen LogP contribution in [0.15, 0.2) is 188 Å². The van der Waals surface area contributed by atoms with Gasteiger partial charge < -0.3 is 4.57 Å². The van der Waals surface area contributed by atoms with Crippen LogP contribution in [0.1, 0.15) is 0 Å². The summed E-state index contributed by atoms with van der Waals surface area (Å²) in [5.74, 6) is 0.717. The topological polar surface area (TPSA) is 30.7 Å². The maximum atomic E-state index is 5.05. The quantitative estimate of drug-likeness (QED) is 0.186. The minimum absolute atomic E-state index is 0.717. The van der Waals surface area contributed by atoms with Crippen LogP contribution in [0.25, 0.3) is 94.1 Å². The van der Waals surface area contributed by atoms with Gasteiger partial charge in [0.15, 0.2) is 5.82 Å². The van der Waals surface area contributed by atoms with E-state index in [2.05, 4.69) is 156 Å². The van der Waals surface area contributed by atoms with Gasteiger partial charge in [0.1, 0.15) is 0 Å². The number of fused-ring (bicyclic) bond motifs is 6. The SMILES string of the molecule is c1ccc(-c2cc(-c3ccc(-n4c5ccccc5c5c6ccc(-c7ccc8ccccc8c7)cc6ccc54)cc3)nc(-c3ccccc3)n2)cc1. The Labute approximate surface area is 295 Å². The van der Waals surface area contributed by atoms with Gasteiger partial charge in [-0.15, -0.1) is 0 Å². The Balaban J connectivity index is 1.08. The minimum atomic E-state index is 0.717. The van der Waals surface area contributed by atoms with Crippen molar-refractivity contribution in [1.82, 2.24) is 14.5 Å². The van der Waals surface area contributed by atoms with Gasteiger partial charge in [-0.3, -0.25) is 0 Å². The van der Waals surface area contributed by atoms with Gasteiger partial charge in [-0.05, 0) is 75.1 Å². The van der Waals surface area contributed by atoms with E-state index in [0.717, 1.165) is 33.8 Å². The van der Waals surface area contributed by atoms with Gasteiger partial charge in [0, 0.05) is 33.2 Å². The average molecular weight is 650 g/mol. The molecule has 0 N–H and O–H groups in total. The summed E-state index contributed by atoms with van der Waals surface area (Å²) in [6.45, 7) is 0. The van der Waals surface area contributed by atoms with Gasteiger partial charge in [-0.2, -0.15) is 0 Å². The van der Waals surface area contributed by atoms with Crippen molar-refractivity contribution in [2.75, 3.05) is 0 Å². The van der Waals surface area contributed by atoms with E-state index in [1.54, 1.807) is 0 Å². The van der Waals surface area contributed by atoms with Crippen molar-refractivity contribution >= 4 is 43.4 Å². The largest absolute Gasteiger partial charge is 0.309 e. The normalized spacial score (nSPS) is 11.5. The molecule has 0 aliphatic carbocycles. The minimum Gasteiger partial charge on any atom is -0.309 e. The highest BCUT2D eigenvalue weighted by Gasteiger charge is 2.16. The van der Waals surface area contributed by atoms with Crippen LogP contribution in [-0.4, -0.2) is 14.5 Å². The first-order valence-electron chi connectivity index (χ1n) is 17.3. The molecule has 0 aliphatic heterocycles. The van der Waals surface area contributed by atoms with Crippen LogP contribution in [-0.2, 0) is 0 Å². The number of benzene rings is 8. The summed E-state index contributed by atoms with van der Waals surface area (Å²) in [5.41, 5.74) is 10.8. The second kappa shape index (κ2) is 11.9. The van der Waals surface area contributed by atoms with Crippen LogP contribution in [0.5, 0.6) is 0 Å². The lowest BCUT2D eigenvalue weighted by Gasteiger charge is -2.12. The van der Waals surface area contributed by atoms with E-state index in [-0.39, 0.29) is 0 Å². The lowest BCUT2D eigenvalue weighted by Crippen LogP contribution is -1.97. The highest BCUT2D eigenvalue weighted by Crippen LogP contribution is 2.39. The lowest BCUT2D eigenvalue weighted by atomic mass is 9.97. The third-order valence-electron chi connectivity index (χ3n) is 9.98. The molecule has 238 valence electrons. The molecule has 10 rings (SSSR count). The van der Waals surface area contributed by atoms with E-state index >= 15 is 0 Å². The maximum absolute atomic E-state index is 5.05. The van der Waals surface area contributed by atoms with E-state index in [1.807, 2.05) is 36.4 Å². The number of aromatic nitrogens is 3. The molecule has 3 heteroatoms. The Bertz CT molecular complexity index is 2830. The van der Waals surface area contributed by atoms with Gasteiger partial charge >= 0.3 is 0 Å². The first-order chi connectivity index (χ1) is 25.3.